The first-order valence-corrected chi connectivity index (χ1v) is 9.80. The lowest BCUT2D eigenvalue weighted by atomic mass is 9.91. The molecule has 1 heterocycles. The molecular weight excluding hydrogens is 392 g/mol. The topological polar surface area (TPSA) is 135 Å². The predicted molar refractivity (Wildman–Crippen MR) is 107 cm³/mol. The summed E-state index contributed by atoms with van der Waals surface area (Å²) in [6, 6.07) is 3.10. The summed E-state index contributed by atoms with van der Waals surface area (Å²) in [5.74, 6) is -1.98. The van der Waals surface area contributed by atoms with Crippen LogP contribution < -0.4 is 21.0 Å². The van der Waals surface area contributed by atoms with Gasteiger partial charge in [0.05, 0.1) is 0 Å². The molecule has 0 saturated carbocycles. The van der Waals surface area contributed by atoms with Crippen LogP contribution in [0.25, 0.3) is 11.0 Å². The lowest BCUT2D eigenvalue weighted by Gasteiger charge is -2.17. The molecule has 1 aliphatic carbocycles. The zero-order valence-corrected chi connectivity index (χ0v) is 16.8. The number of rotatable bonds is 7. The lowest BCUT2D eigenvalue weighted by Crippen LogP contribution is -2.50. The van der Waals surface area contributed by atoms with Crippen molar-refractivity contribution in [1.29, 1.82) is 0 Å². The SMILES string of the molecule is C[C@H](NC(=O)[C@@H](C)NC(=O)COc1ccc2c3c(c(=O)oc2c1)CCCC3)C(=O)O. The highest BCUT2D eigenvalue weighted by atomic mass is 16.5. The molecule has 0 spiro atoms. The molecule has 2 atom stereocenters. The van der Waals surface area contributed by atoms with Crippen molar-refractivity contribution in [2.24, 2.45) is 0 Å². The number of nitrogens with one attached hydrogen (secondary N) is 2. The van der Waals surface area contributed by atoms with Gasteiger partial charge in [0, 0.05) is 17.0 Å². The number of fused-ring (bicyclic) bond motifs is 3. The number of benzene rings is 1. The Balaban J connectivity index is 1.61. The number of aliphatic carboxylic acids is 1. The second-order valence-corrected chi connectivity index (χ2v) is 7.36. The summed E-state index contributed by atoms with van der Waals surface area (Å²) in [6.45, 7) is 2.41. The molecule has 2 amide bonds. The van der Waals surface area contributed by atoms with E-state index in [1.54, 1.807) is 12.1 Å². The van der Waals surface area contributed by atoms with Crippen molar-refractivity contribution in [2.75, 3.05) is 6.61 Å². The standard InChI is InChI=1S/C21H24N2O7/c1-11(19(25)23-12(2)20(26)27)22-18(24)10-29-13-7-8-15-14-5-3-4-6-16(14)21(28)30-17(15)9-13/h7-9,11-12H,3-6,10H2,1-2H3,(H,22,24)(H,23,25)(H,26,27)/t11-,12+/m1/s1. The number of carbonyl (C=O) groups excluding carboxylic acids is 2. The summed E-state index contributed by atoms with van der Waals surface area (Å²) in [6.07, 6.45) is 3.57. The van der Waals surface area contributed by atoms with Crippen molar-refractivity contribution in [3.05, 3.63) is 39.7 Å². The van der Waals surface area contributed by atoms with E-state index in [-0.39, 0.29) is 12.2 Å². The van der Waals surface area contributed by atoms with Crippen LogP contribution in [0.15, 0.2) is 27.4 Å². The Labute approximate surface area is 172 Å². The summed E-state index contributed by atoms with van der Waals surface area (Å²) in [5.41, 5.74) is 1.84. The van der Waals surface area contributed by atoms with Crippen LogP contribution in [0.3, 0.4) is 0 Å². The molecule has 0 saturated heterocycles. The average Bonchev–Trinajstić information content (AvgIpc) is 2.72. The molecular formula is C21H24N2O7. The van der Waals surface area contributed by atoms with Gasteiger partial charge < -0.3 is 24.9 Å². The Morgan fingerprint density at radius 2 is 1.80 bits per heavy atom. The molecule has 3 N–H and O–H groups in total. The van der Waals surface area contributed by atoms with Crippen LogP contribution in [0.1, 0.15) is 37.8 Å². The van der Waals surface area contributed by atoms with E-state index in [4.69, 9.17) is 14.3 Å². The van der Waals surface area contributed by atoms with E-state index in [1.807, 2.05) is 6.07 Å². The third-order valence-corrected chi connectivity index (χ3v) is 5.06. The van der Waals surface area contributed by atoms with Gasteiger partial charge in [-0.2, -0.15) is 0 Å². The van der Waals surface area contributed by atoms with E-state index in [2.05, 4.69) is 10.6 Å². The fourth-order valence-corrected chi connectivity index (χ4v) is 3.41. The monoisotopic (exact) mass is 416 g/mol. The molecule has 2 aromatic rings. The van der Waals surface area contributed by atoms with Gasteiger partial charge >= 0.3 is 11.6 Å². The quantitative estimate of drug-likeness (QED) is 0.576. The number of carboxylic acids is 1. The molecule has 160 valence electrons. The van der Waals surface area contributed by atoms with E-state index >= 15 is 0 Å². The van der Waals surface area contributed by atoms with Crippen molar-refractivity contribution in [3.8, 4) is 5.75 Å². The molecule has 1 aromatic heterocycles. The molecule has 0 aliphatic heterocycles. The summed E-state index contributed by atoms with van der Waals surface area (Å²) in [4.78, 5) is 46.9. The maximum Gasteiger partial charge on any atom is 0.339 e. The van der Waals surface area contributed by atoms with Gasteiger partial charge in [0.25, 0.3) is 5.91 Å². The second-order valence-electron chi connectivity index (χ2n) is 7.36. The highest BCUT2D eigenvalue weighted by molar-refractivity contribution is 5.90. The van der Waals surface area contributed by atoms with Crippen LogP contribution in [0.2, 0.25) is 0 Å². The van der Waals surface area contributed by atoms with Crippen LogP contribution in [0, 0.1) is 0 Å². The van der Waals surface area contributed by atoms with Crippen molar-refractivity contribution in [2.45, 2.75) is 51.6 Å². The van der Waals surface area contributed by atoms with Crippen molar-refractivity contribution in [3.63, 3.8) is 0 Å². The first-order valence-electron chi connectivity index (χ1n) is 9.80. The van der Waals surface area contributed by atoms with E-state index in [0.29, 0.717) is 11.3 Å². The normalized spacial score (nSPS) is 15.0. The smallest absolute Gasteiger partial charge is 0.339 e. The fraction of sp³-hybridized carbons (Fsp3) is 0.429. The van der Waals surface area contributed by atoms with Gasteiger partial charge in [0.1, 0.15) is 23.4 Å². The Morgan fingerprint density at radius 3 is 2.50 bits per heavy atom. The van der Waals surface area contributed by atoms with Gasteiger partial charge in [-0.3, -0.25) is 14.4 Å². The number of carboxylic acid groups (broad SMARTS) is 1. The van der Waals surface area contributed by atoms with Gasteiger partial charge in [-0.25, -0.2) is 4.79 Å². The first-order chi connectivity index (χ1) is 14.3. The summed E-state index contributed by atoms with van der Waals surface area (Å²) < 4.78 is 10.9. The van der Waals surface area contributed by atoms with Crippen LogP contribution in [0.4, 0.5) is 0 Å². The van der Waals surface area contributed by atoms with Crippen LogP contribution >= 0.6 is 0 Å². The third kappa shape index (κ3) is 4.79. The fourth-order valence-electron chi connectivity index (χ4n) is 3.41. The number of amides is 2. The molecule has 0 bridgehead atoms. The molecule has 0 radical (unpaired) electrons. The largest absolute Gasteiger partial charge is 0.484 e. The number of carbonyl (C=O) groups is 3. The van der Waals surface area contributed by atoms with Crippen molar-refractivity contribution in [1.82, 2.24) is 10.6 Å². The number of aryl methyl sites for hydroxylation is 1. The van der Waals surface area contributed by atoms with Gasteiger partial charge in [-0.05, 0) is 57.2 Å². The molecule has 1 aliphatic rings. The Morgan fingerprint density at radius 1 is 1.10 bits per heavy atom. The van der Waals surface area contributed by atoms with Gasteiger partial charge in [-0.15, -0.1) is 0 Å². The lowest BCUT2D eigenvalue weighted by molar-refractivity contribution is -0.141. The Kier molecular flexibility index (Phi) is 6.39. The molecule has 0 unspecified atom stereocenters. The van der Waals surface area contributed by atoms with Crippen molar-refractivity contribution >= 4 is 28.8 Å². The molecule has 3 rings (SSSR count). The first kappa shape index (κ1) is 21.4. The third-order valence-electron chi connectivity index (χ3n) is 5.06. The minimum absolute atomic E-state index is 0.331. The molecule has 1 aromatic carbocycles. The van der Waals surface area contributed by atoms with Crippen molar-refractivity contribution < 1.29 is 28.6 Å². The Bertz CT molecular complexity index is 1040. The van der Waals surface area contributed by atoms with E-state index in [9.17, 15) is 19.2 Å². The molecule has 9 nitrogen and oxygen atoms in total. The highest BCUT2D eigenvalue weighted by Crippen LogP contribution is 2.29. The second kappa shape index (κ2) is 8.98. The van der Waals surface area contributed by atoms with Crippen LogP contribution in [0.5, 0.6) is 5.75 Å². The molecule has 30 heavy (non-hydrogen) atoms. The highest BCUT2D eigenvalue weighted by Gasteiger charge is 2.21. The zero-order valence-electron chi connectivity index (χ0n) is 16.8. The maximum atomic E-state index is 12.2. The number of ether oxygens (including phenoxy) is 1. The zero-order chi connectivity index (χ0) is 21.8. The van der Waals surface area contributed by atoms with E-state index in [0.717, 1.165) is 42.2 Å². The minimum Gasteiger partial charge on any atom is -0.484 e. The summed E-state index contributed by atoms with van der Waals surface area (Å²) in [7, 11) is 0. The van der Waals surface area contributed by atoms with E-state index < -0.39 is 29.9 Å². The van der Waals surface area contributed by atoms with Gasteiger partial charge in [-0.1, -0.05) is 0 Å². The predicted octanol–water partition coefficient (Wildman–Crippen LogP) is 1.14. The van der Waals surface area contributed by atoms with Gasteiger partial charge in [0.2, 0.25) is 5.91 Å². The summed E-state index contributed by atoms with van der Waals surface area (Å²) in [5, 5.41) is 14.4. The number of hydrogen-bond acceptors (Lipinski definition) is 6. The molecule has 9 heteroatoms. The maximum absolute atomic E-state index is 12.2. The van der Waals surface area contributed by atoms with E-state index in [1.165, 1.54) is 13.8 Å². The number of hydrogen-bond donors (Lipinski definition) is 3. The molecule has 0 fully saturated rings. The van der Waals surface area contributed by atoms with Gasteiger partial charge in [0.15, 0.2) is 6.61 Å². The van der Waals surface area contributed by atoms with Crippen LogP contribution in [-0.4, -0.2) is 41.6 Å². The summed E-state index contributed by atoms with van der Waals surface area (Å²) >= 11 is 0. The Hall–Kier alpha value is -3.36. The minimum atomic E-state index is -1.17. The van der Waals surface area contributed by atoms with Crippen LogP contribution in [-0.2, 0) is 27.2 Å². The average molecular weight is 416 g/mol.